The highest BCUT2D eigenvalue weighted by Gasteiger charge is 2.35. The van der Waals surface area contributed by atoms with Crippen LogP contribution in [0.25, 0.3) is 0 Å². The van der Waals surface area contributed by atoms with Gasteiger partial charge in [0.15, 0.2) is 0 Å². The van der Waals surface area contributed by atoms with Crippen LogP contribution in [-0.2, 0) is 4.79 Å². The summed E-state index contributed by atoms with van der Waals surface area (Å²) in [7, 11) is 3.44. The number of nitrogens with two attached hydrogens (primary N) is 1. The first-order valence-electron chi connectivity index (χ1n) is 7.76. The Morgan fingerprint density at radius 3 is 2.36 bits per heavy atom. The quantitative estimate of drug-likeness (QED) is 0.899. The van der Waals surface area contributed by atoms with Crippen molar-refractivity contribution in [3.8, 4) is 0 Å². The van der Waals surface area contributed by atoms with Crippen LogP contribution in [0.4, 0.5) is 5.69 Å². The van der Waals surface area contributed by atoms with Gasteiger partial charge in [-0.2, -0.15) is 0 Å². The molecule has 0 saturated heterocycles. The molecule has 1 fully saturated rings. The second-order valence-corrected chi connectivity index (χ2v) is 6.40. The average Bonchev–Trinajstić information content (AvgIpc) is 2.47. The number of nitrogens with one attached hydrogen (secondary N) is 1. The van der Waals surface area contributed by atoms with Crippen LogP contribution in [0, 0.1) is 6.92 Å². The van der Waals surface area contributed by atoms with E-state index in [-0.39, 0.29) is 11.8 Å². The van der Waals surface area contributed by atoms with Crippen LogP contribution >= 0.6 is 0 Å². The highest BCUT2D eigenvalue weighted by atomic mass is 16.2. The normalized spacial score (nSPS) is 16.9. The molecule has 1 aliphatic rings. The number of carbonyl (C=O) groups is 2. The molecule has 3 N–H and O–H groups in total. The van der Waals surface area contributed by atoms with Gasteiger partial charge in [-0.15, -0.1) is 0 Å². The Morgan fingerprint density at radius 1 is 1.18 bits per heavy atom. The summed E-state index contributed by atoms with van der Waals surface area (Å²) in [6.45, 7) is 1.87. The summed E-state index contributed by atoms with van der Waals surface area (Å²) in [5.41, 5.74) is 7.64. The van der Waals surface area contributed by atoms with Crippen LogP contribution in [0.1, 0.15) is 48.0 Å². The van der Waals surface area contributed by atoms with Gasteiger partial charge < -0.3 is 16.0 Å². The average molecular weight is 303 g/mol. The Labute approximate surface area is 131 Å². The summed E-state index contributed by atoms with van der Waals surface area (Å²) in [5.74, 6) is -0.170. The summed E-state index contributed by atoms with van der Waals surface area (Å²) in [6, 6.07) is 5.33. The van der Waals surface area contributed by atoms with Crippen molar-refractivity contribution in [2.75, 3.05) is 19.4 Å². The highest BCUT2D eigenvalue weighted by molar-refractivity contribution is 5.99. The van der Waals surface area contributed by atoms with Crippen LogP contribution < -0.4 is 11.1 Å². The predicted molar refractivity (Wildman–Crippen MR) is 87.8 cm³/mol. The van der Waals surface area contributed by atoms with Crippen molar-refractivity contribution < 1.29 is 9.59 Å². The predicted octanol–water partition coefficient (Wildman–Crippen LogP) is 2.30. The van der Waals surface area contributed by atoms with Gasteiger partial charge in [0.2, 0.25) is 5.91 Å². The van der Waals surface area contributed by atoms with E-state index in [0.717, 1.165) is 37.7 Å². The Bertz CT molecular complexity index is 575. The van der Waals surface area contributed by atoms with Crippen LogP contribution in [0.3, 0.4) is 0 Å². The minimum absolute atomic E-state index is 0.0436. The first-order valence-corrected chi connectivity index (χ1v) is 7.76. The number of nitrogens with zero attached hydrogens (tertiary/aromatic N) is 1. The molecule has 2 amide bonds. The number of carbonyl (C=O) groups excluding carboxylic acids is 2. The molecule has 0 radical (unpaired) electrons. The van der Waals surface area contributed by atoms with Crippen molar-refractivity contribution in [1.82, 2.24) is 4.90 Å². The SMILES string of the molecule is Cc1cc(NC(=O)C2(N)CCCCC2)ccc1C(=O)N(C)C. The van der Waals surface area contributed by atoms with Gasteiger partial charge in [-0.25, -0.2) is 0 Å². The van der Waals surface area contributed by atoms with Crippen LogP contribution in [0.2, 0.25) is 0 Å². The molecular formula is C17H25N3O2. The number of rotatable bonds is 3. The monoisotopic (exact) mass is 303 g/mol. The van der Waals surface area contributed by atoms with Crippen LogP contribution in [0.15, 0.2) is 18.2 Å². The molecule has 22 heavy (non-hydrogen) atoms. The molecule has 2 rings (SSSR count). The van der Waals surface area contributed by atoms with Crippen molar-refractivity contribution in [3.05, 3.63) is 29.3 Å². The maximum Gasteiger partial charge on any atom is 0.253 e. The number of amides is 2. The third-order valence-electron chi connectivity index (χ3n) is 4.32. The van der Waals surface area contributed by atoms with Gasteiger partial charge in [0.25, 0.3) is 5.91 Å². The van der Waals surface area contributed by atoms with Gasteiger partial charge in [0.1, 0.15) is 0 Å². The molecule has 0 aromatic heterocycles. The lowest BCUT2D eigenvalue weighted by Crippen LogP contribution is -2.52. The second kappa shape index (κ2) is 6.48. The van der Waals surface area contributed by atoms with E-state index < -0.39 is 5.54 Å². The fourth-order valence-electron chi connectivity index (χ4n) is 2.89. The zero-order valence-corrected chi connectivity index (χ0v) is 13.6. The number of hydrogen-bond donors (Lipinski definition) is 2. The van der Waals surface area contributed by atoms with E-state index in [4.69, 9.17) is 5.73 Å². The third kappa shape index (κ3) is 3.47. The first kappa shape index (κ1) is 16.5. The molecule has 5 nitrogen and oxygen atoms in total. The Balaban J connectivity index is 2.12. The maximum atomic E-state index is 12.4. The van der Waals surface area contributed by atoms with Crippen LogP contribution in [-0.4, -0.2) is 36.3 Å². The minimum atomic E-state index is -0.760. The summed E-state index contributed by atoms with van der Waals surface area (Å²) in [4.78, 5) is 26.0. The van der Waals surface area contributed by atoms with Gasteiger partial charge in [-0.05, 0) is 43.5 Å². The largest absolute Gasteiger partial charge is 0.345 e. The van der Waals surface area contributed by atoms with Crippen molar-refractivity contribution in [2.24, 2.45) is 5.73 Å². The number of hydrogen-bond acceptors (Lipinski definition) is 3. The molecular weight excluding hydrogens is 278 g/mol. The fourth-order valence-corrected chi connectivity index (χ4v) is 2.89. The molecule has 0 bridgehead atoms. The lowest BCUT2D eigenvalue weighted by molar-refractivity contribution is -0.122. The number of benzene rings is 1. The second-order valence-electron chi connectivity index (χ2n) is 6.40. The van der Waals surface area contributed by atoms with Gasteiger partial charge in [-0.3, -0.25) is 9.59 Å². The zero-order valence-electron chi connectivity index (χ0n) is 13.6. The van der Waals surface area contributed by atoms with Crippen molar-refractivity contribution in [1.29, 1.82) is 0 Å². The summed E-state index contributed by atoms with van der Waals surface area (Å²) >= 11 is 0. The summed E-state index contributed by atoms with van der Waals surface area (Å²) in [6.07, 6.45) is 4.61. The summed E-state index contributed by atoms with van der Waals surface area (Å²) in [5, 5.41) is 2.90. The maximum absolute atomic E-state index is 12.4. The van der Waals surface area contributed by atoms with Gasteiger partial charge in [-0.1, -0.05) is 19.3 Å². The fraction of sp³-hybridized carbons (Fsp3) is 0.529. The van der Waals surface area contributed by atoms with Crippen molar-refractivity contribution >= 4 is 17.5 Å². The standard InChI is InChI=1S/C17H25N3O2/c1-12-11-13(7-8-14(12)15(21)20(2)3)19-16(22)17(18)9-5-4-6-10-17/h7-8,11H,4-6,9-10,18H2,1-3H3,(H,19,22). The van der Waals surface area contributed by atoms with Gasteiger partial charge in [0.05, 0.1) is 5.54 Å². The minimum Gasteiger partial charge on any atom is -0.345 e. The van der Waals surface area contributed by atoms with E-state index in [2.05, 4.69) is 5.32 Å². The third-order valence-corrected chi connectivity index (χ3v) is 4.32. The van der Waals surface area contributed by atoms with E-state index in [1.807, 2.05) is 13.0 Å². The van der Waals surface area contributed by atoms with Crippen LogP contribution in [0.5, 0.6) is 0 Å². The number of anilines is 1. The van der Waals surface area contributed by atoms with Gasteiger partial charge in [0, 0.05) is 25.3 Å². The molecule has 0 heterocycles. The van der Waals surface area contributed by atoms with E-state index >= 15 is 0 Å². The number of aryl methyl sites for hydroxylation is 1. The van der Waals surface area contributed by atoms with Crippen molar-refractivity contribution in [3.63, 3.8) is 0 Å². The zero-order chi connectivity index (χ0) is 16.3. The molecule has 5 heteroatoms. The van der Waals surface area contributed by atoms with Gasteiger partial charge >= 0.3 is 0 Å². The topological polar surface area (TPSA) is 75.4 Å². The molecule has 0 aliphatic heterocycles. The molecule has 0 spiro atoms. The van der Waals surface area contributed by atoms with E-state index in [1.54, 1.807) is 26.2 Å². The molecule has 0 unspecified atom stereocenters. The first-order chi connectivity index (χ1) is 10.3. The lowest BCUT2D eigenvalue weighted by Gasteiger charge is -2.31. The summed E-state index contributed by atoms with van der Waals surface area (Å²) < 4.78 is 0. The van der Waals surface area contributed by atoms with E-state index in [1.165, 1.54) is 4.90 Å². The molecule has 1 saturated carbocycles. The molecule has 0 atom stereocenters. The van der Waals surface area contributed by atoms with E-state index in [9.17, 15) is 9.59 Å². The lowest BCUT2D eigenvalue weighted by atomic mass is 9.82. The molecule has 1 aromatic rings. The van der Waals surface area contributed by atoms with E-state index in [0.29, 0.717) is 11.3 Å². The Hall–Kier alpha value is -1.88. The smallest absolute Gasteiger partial charge is 0.253 e. The molecule has 120 valence electrons. The highest BCUT2D eigenvalue weighted by Crippen LogP contribution is 2.27. The molecule has 1 aliphatic carbocycles. The Kier molecular flexibility index (Phi) is 4.86. The molecule has 1 aromatic carbocycles. The Morgan fingerprint density at radius 2 is 1.82 bits per heavy atom. The van der Waals surface area contributed by atoms with Crippen molar-refractivity contribution in [2.45, 2.75) is 44.6 Å².